The molecule has 0 aliphatic carbocycles. The van der Waals surface area contributed by atoms with E-state index in [1.807, 2.05) is 20.3 Å². The van der Waals surface area contributed by atoms with Gasteiger partial charge in [-0.2, -0.15) is 0 Å². The number of fused-ring (bicyclic) bond motifs is 1. The van der Waals surface area contributed by atoms with Crippen molar-refractivity contribution in [2.24, 2.45) is 0 Å². The first kappa shape index (κ1) is 17.4. The molecule has 132 valence electrons. The van der Waals surface area contributed by atoms with Crippen molar-refractivity contribution < 1.29 is 13.2 Å². The van der Waals surface area contributed by atoms with Crippen LogP contribution in [-0.2, 0) is 16.3 Å². The fourth-order valence-corrected chi connectivity index (χ4v) is 4.27. The summed E-state index contributed by atoms with van der Waals surface area (Å²) in [5.41, 5.74) is 1.52. The van der Waals surface area contributed by atoms with Crippen LogP contribution in [0.2, 0.25) is 0 Å². The van der Waals surface area contributed by atoms with Crippen LogP contribution in [0.3, 0.4) is 0 Å². The van der Waals surface area contributed by atoms with E-state index in [0.717, 1.165) is 18.5 Å². The van der Waals surface area contributed by atoms with Gasteiger partial charge >= 0.3 is 0 Å². The number of aromatic amines is 1. The highest BCUT2D eigenvalue weighted by Crippen LogP contribution is 2.31. The maximum absolute atomic E-state index is 13.2. The molecule has 0 aliphatic heterocycles. The Morgan fingerprint density at radius 1 is 1.24 bits per heavy atom. The molecule has 2 heterocycles. The van der Waals surface area contributed by atoms with E-state index in [9.17, 15) is 8.42 Å². The van der Waals surface area contributed by atoms with Gasteiger partial charge in [0.05, 0.1) is 16.9 Å². The highest BCUT2D eigenvalue weighted by atomic mass is 32.2. The van der Waals surface area contributed by atoms with Gasteiger partial charge in [0.1, 0.15) is 11.4 Å². The Bertz CT molecular complexity index is 994. The molecule has 0 aliphatic rings. The summed E-state index contributed by atoms with van der Waals surface area (Å²) in [6.45, 7) is 0.820. The summed E-state index contributed by atoms with van der Waals surface area (Å²) in [5, 5.41) is 0.659. The third kappa shape index (κ3) is 3.38. The lowest BCUT2D eigenvalue weighted by Gasteiger charge is -2.11. The van der Waals surface area contributed by atoms with Crippen LogP contribution in [0.4, 0.5) is 0 Å². The Kier molecular flexibility index (Phi) is 4.78. The lowest BCUT2D eigenvalue weighted by molar-refractivity contribution is 0.413. The van der Waals surface area contributed by atoms with Crippen molar-refractivity contribution in [2.75, 3.05) is 27.7 Å². The summed E-state index contributed by atoms with van der Waals surface area (Å²) in [5.74, 6) is 0.508. The van der Waals surface area contributed by atoms with E-state index in [1.54, 1.807) is 24.3 Å². The smallest absolute Gasteiger partial charge is 0.207 e. The number of H-pyrrole nitrogens is 1. The Hall–Kier alpha value is -2.38. The van der Waals surface area contributed by atoms with E-state index in [-0.39, 0.29) is 9.79 Å². The number of likely N-dealkylation sites (N-methyl/N-ethyl adjacent to an activating group) is 1. The second kappa shape index (κ2) is 6.85. The summed E-state index contributed by atoms with van der Waals surface area (Å²) < 4.78 is 31.6. The number of pyridine rings is 1. The Morgan fingerprint density at radius 3 is 2.76 bits per heavy atom. The molecule has 0 atom stereocenters. The Balaban J connectivity index is 2.15. The van der Waals surface area contributed by atoms with Gasteiger partial charge in [0, 0.05) is 24.3 Å². The van der Waals surface area contributed by atoms with Gasteiger partial charge in [-0.1, -0.05) is 6.07 Å². The van der Waals surface area contributed by atoms with E-state index in [4.69, 9.17) is 4.74 Å². The fourth-order valence-electron chi connectivity index (χ4n) is 2.75. The third-order valence-electron chi connectivity index (χ3n) is 4.09. The van der Waals surface area contributed by atoms with Crippen LogP contribution in [0, 0.1) is 0 Å². The van der Waals surface area contributed by atoms with Crippen LogP contribution < -0.4 is 4.74 Å². The molecule has 0 unspecified atom stereocenters. The number of nitrogens with zero attached hydrogens (tertiary/aromatic N) is 2. The Labute approximate surface area is 147 Å². The van der Waals surface area contributed by atoms with Crippen molar-refractivity contribution in [3.8, 4) is 5.75 Å². The first-order valence-corrected chi connectivity index (χ1v) is 9.40. The van der Waals surface area contributed by atoms with Crippen LogP contribution in [0.25, 0.3) is 11.0 Å². The molecule has 0 saturated heterocycles. The molecular weight excluding hydrogens is 338 g/mol. The van der Waals surface area contributed by atoms with Crippen LogP contribution in [0.1, 0.15) is 5.56 Å². The summed E-state index contributed by atoms with van der Waals surface area (Å²) in [4.78, 5) is 9.88. The maximum Gasteiger partial charge on any atom is 0.207 e. The second-order valence-corrected chi connectivity index (χ2v) is 8.00. The summed E-state index contributed by atoms with van der Waals surface area (Å²) in [6.07, 6.45) is 4.09. The molecule has 7 heteroatoms. The first-order valence-electron chi connectivity index (χ1n) is 7.92. The number of ether oxygens (including phenoxy) is 1. The lowest BCUT2D eigenvalue weighted by Crippen LogP contribution is -2.15. The molecule has 25 heavy (non-hydrogen) atoms. The molecule has 6 nitrogen and oxygen atoms in total. The van der Waals surface area contributed by atoms with E-state index in [2.05, 4.69) is 14.9 Å². The zero-order chi connectivity index (χ0) is 18.0. The minimum Gasteiger partial charge on any atom is -0.497 e. The summed E-state index contributed by atoms with van der Waals surface area (Å²) in [6, 6.07) is 8.07. The second-order valence-electron chi connectivity index (χ2n) is 6.08. The van der Waals surface area contributed by atoms with E-state index < -0.39 is 9.84 Å². The first-order chi connectivity index (χ1) is 11.9. The SMILES string of the molecule is COc1cccc(S(=O)(=O)c2ccnc3[nH]cc(CCN(C)C)c23)c1. The number of hydrogen-bond acceptors (Lipinski definition) is 5. The number of rotatable bonds is 6. The third-order valence-corrected chi connectivity index (χ3v) is 5.88. The molecule has 0 spiro atoms. The predicted octanol–water partition coefficient (Wildman–Crippen LogP) is 2.51. The molecule has 1 N–H and O–H groups in total. The molecule has 2 aromatic heterocycles. The summed E-state index contributed by atoms with van der Waals surface area (Å²) >= 11 is 0. The van der Waals surface area contributed by atoms with Gasteiger partial charge in [-0.15, -0.1) is 0 Å². The number of nitrogens with one attached hydrogen (secondary N) is 1. The molecular formula is C18H21N3O3S. The normalized spacial score (nSPS) is 12.0. The van der Waals surface area contributed by atoms with Gasteiger partial charge in [0.2, 0.25) is 9.84 Å². The molecule has 0 bridgehead atoms. The largest absolute Gasteiger partial charge is 0.497 e. The standard InChI is InChI=1S/C18H21N3O3S/c1-21(2)10-8-13-12-20-18-17(13)16(7-9-19-18)25(22,23)15-6-4-5-14(11-15)24-3/h4-7,9,11-12H,8,10H2,1-3H3,(H,19,20). The summed E-state index contributed by atoms with van der Waals surface area (Å²) in [7, 11) is 1.81. The predicted molar refractivity (Wildman–Crippen MR) is 96.8 cm³/mol. The molecule has 1 aromatic carbocycles. The molecule has 3 aromatic rings. The monoisotopic (exact) mass is 359 g/mol. The molecule has 3 rings (SSSR count). The van der Waals surface area contributed by atoms with Gasteiger partial charge < -0.3 is 14.6 Å². The maximum atomic E-state index is 13.2. The highest BCUT2D eigenvalue weighted by molar-refractivity contribution is 7.91. The van der Waals surface area contributed by atoms with Gasteiger partial charge in [-0.3, -0.25) is 0 Å². The van der Waals surface area contributed by atoms with Crippen molar-refractivity contribution >= 4 is 20.9 Å². The quantitative estimate of drug-likeness (QED) is 0.732. The topological polar surface area (TPSA) is 75.3 Å². The van der Waals surface area contributed by atoms with Crippen molar-refractivity contribution in [1.82, 2.24) is 14.9 Å². The molecule has 0 radical (unpaired) electrons. The van der Waals surface area contributed by atoms with Crippen molar-refractivity contribution in [3.05, 3.63) is 48.3 Å². The molecule has 0 amide bonds. The van der Waals surface area contributed by atoms with E-state index >= 15 is 0 Å². The number of hydrogen-bond donors (Lipinski definition) is 1. The minimum absolute atomic E-state index is 0.208. The van der Waals surface area contributed by atoms with E-state index in [1.165, 1.54) is 19.4 Å². The lowest BCUT2D eigenvalue weighted by atomic mass is 10.1. The van der Waals surface area contributed by atoms with Gasteiger partial charge in [0.15, 0.2) is 0 Å². The van der Waals surface area contributed by atoms with Crippen molar-refractivity contribution in [1.29, 1.82) is 0 Å². The van der Waals surface area contributed by atoms with Gasteiger partial charge in [0.25, 0.3) is 0 Å². The molecule has 0 fully saturated rings. The number of methoxy groups -OCH3 is 1. The van der Waals surface area contributed by atoms with E-state index in [0.29, 0.717) is 16.8 Å². The fraction of sp³-hybridized carbons (Fsp3) is 0.278. The molecule has 0 saturated carbocycles. The zero-order valence-electron chi connectivity index (χ0n) is 14.5. The van der Waals surface area contributed by atoms with Crippen LogP contribution in [0.15, 0.2) is 52.5 Å². The number of sulfone groups is 1. The van der Waals surface area contributed by atoms with Gasteiger partial charge in [-0.25, -0.2) is 13.4 Å². The van der Waals surface area contributed by atoms with Crippen LogP contribution >= 0.6 is 0 Å². The zero-order valence-corrected chi connectivity index (χ0v) is 15.3. The average Bonchev–Trinajstić information content (AvgIpc) is 3.03. The van der Waals surface area contributed by atoms with Gasteiger partial charge in [-0.05, 0) is 50.3 Å². The van der Waals surface area contributed by atoms with Crippen LogP contribution in [-0.4, -0.2) is 51.0 Å². The number of benzene rings is 1. The van der Waals surface area contributed by atoms with Crippen molar-refractivity contribution in [3.63, 3.8) is 0 Å². The number of aromatic nitrogens is 2. The highest BCUT2D eigenvalue weighted by Gasteiger charge is 2.23. The van der Waals surface area contributed by atoms with Crippen molar-refractivity contribution in [2.45, 2.75) is 16.2 Å². The average molecular weight is 359 g/mol. The minimum atomic E-state index is -3.68. The van der Waals surface area contributed by atoms with Crippen LogP contribution in [0.5, 0.6) is 5.75 Å². The Morgan fingerprint density at radius 2 is 2.04 bits per heavy atom.